The molecule has 0 bridgehead atoms. The molecule has 19 heavy (non-hydrogen) atoms. The summed E-state index contributed by atoms with van der Waals surface area (Å²) in [5, 5.41) is 2.80. The van der Waals surface area contributed by atoms with E-state index < -0.39 is 8.80 Å². The van der Waals surface area contributed by atoms with Crippen LogP contribution in [0.5, 0.6) is 0 Å². The van der Waals surface area contributed by atoms with Gasteiger partial charge in [0.25, 0.3) is 0 Å². The molecule has 0 aromatic carbocycles. The fourth-order valence-electron chi connectivity index (χ4n) is 1.91. The Kier molecular flexibility index (Phi) is 11.1. The van der Waals surface area contributed by atoms with Gasteiger partial charge >= 0.3 is 8.80 Å². The van der Waals surface area contributed by atoms with E-state index in [2.05, 4.69) is 5.32 Å². The van der Waals surface area contributed by atoms with E-state index in [0.29, 0.717) is 19.8 Å². The summed E-state index contributed by atoms with van der Waals surface area (Å²) in [5.41, 5.74) is 0. The van der Waals surface area contributed by atoms with Crippen LogP contribution in [0.15, 0.2) is 0 Å². The van der Waals surface area contributed by atoms with E-state index in [1.54, 1.807) is 0 Å². The highest BCUT2D eigenvalue weighted by Gasteiger charge is 2.39. The number of hydrogen-bond acceptors (Lipinski definition) is 4. The third-order valence-electron chi connectivity index (χ3n) is 2.63. The molecule has 0 aliphatic heterocycles. The van der Waals surface area contributed by atoms with Crippen LogP contribution >= 0.6 is 0 Å². The average Bonchev–Trinajstić information content (AvgIpc) is 2.34. The van der Waals surface area contributed by atoms with E-state index in [-0.39, 0.29) is 5.91 Å². The Hall–Kier alpha value is -0.433. The number of hydrogen-bond donors (Lipinski definition) is 1. The molecule has 1 amide bonds. The second-order valence-electron chi connectivity index (χ2n) is 4.28. The van der Waals surface area contributed by atoms with E-state index >= 15 is 0 Å². The molecule has 0 saturated heterocycles. The van der Waals surface area contributed by atoms with Gasteiger partial charge < -0.3 is 18.6 Å². The maximum atomic E-state index is 10.7. The van der Waals surface area contributed by atoms with Gasteiger partial charge in [0.2, 0.25) is 5.91 Å². The van der Waals surface area contributed by atoms with Crippen LogP contribution in [0.1, 0.15) is 47.0 Å². The average molecular weight is 291 g/mol. The molecule has 0 aromatic heterocycles. The highest BCUT2D eigenvalue weighted by Crippen LogP contribution is 2.19. The lowest BCUT2D eigenvalue weighted by Gasteiger charge is -2.28. The molecule has 0 rings (SSSR count). The molecule has 5 nitrogen and oxygen atoms in total. The normalized spacial score (nSPS) is 11.6. The Morgan fingerprint density at radius 2 is 1.47 bits per heavy atom. The minimum absolute atomic E-state index is 0.0293. The van der Waals surface area contributed by atoms with Crippen molar-refractivity contribution in [2.75, 3.05) is 26.4 Å². The summed E-state index contributed by atoms with van der Waals surface area (Å²) in [5.74, 6) is 0.0293. The highest BCUT2D eigenvalue weighted by molar-refractivity contribution is 6.60. The quantitative estimate of drug-likeness (QED) is 0.443. The third kappa shape index (κ3) is 9.15. The monoisotopic (exact) mass is 291 g/mol. The van der Waals surface area contributed by atoms with E-state index in [1.165, 1.54) is 6.92 Å². The van der Waals surface area contributed by atoms with Crippen LogP contribution in [-0.4, -0.2) is 41.1 Å². The molecule has 6 heteroatoms. The molecule has 0 spiro atoms. The van der Waals surface area contributed by atoms with Crippen LogP contribution in [-0.2, 0) is 18.1 Å². The molecule has 0 saturated carbocycles. The first-order chi connectivity index (χ1) is 9.10. The first-order valence-electron chi connectivity index (χ1n) is 7.26. The van der Waals surface area contributed by atoms with Crippen molar-refractivity contribution >= 4 is 14.7 Å². The lowest BCUT2D eigenvalue weighted by atomic mass is 10.2. The summed E-state index contributed by atoms with van der Waals surface area (Å²) < 4.78 is 17.3. The zero-order valence-electron chi connectivity index (χ0n) is 12.8. The van der Waals surface area contributed by atoms with Gasteiger partial charge in [-0.25, -0.2) is 0 Å². The number of amides is 1. The lowest BCUT2D eigenvalue weighted by molar-refractivity contribution is -0.118. The molecular weight excluding hydrogens is 262 g/mol. The zero-order chi connectivity index (χ0) is 14.6. The van der Waals surface area contributed by atoms with Crippen LogP contribution in [0.2, 0.25) is 6.04 Å². The number of rotatable bonds is 12. The molecule has 0 aliphatic rings. The second kappa shape index (κ2) is 11.4. The van der Waals surface area contributed by atoms with Crippen molar-refractivity contribution in [1.82, 2.24) is 5.32 Å². The number of unbranched alkanes of at least 4 members (excludes halogenated alkanes) is 2. The minimum atomic E-state index is -2.46. The number of carbonyl (C=O) groups is 1. The van der Waals surface area contributed by atoms with Gasteiger partial charge in [-0.3, -0.25) is 4.79 Å². The summed E-state index contributed by atoms with van der Waals surface area (Å²) in [4.78, 5) is 10.7. The second-order valence-corrected chi connectivity index (χ2v) is 7.01. The summed E-state index contributed by atoms with van der Waals surface area (Å²) in [6.07, 6.45) is 3.03. The molecule has 0 radical (unpaired) electrons. The van der Waals surface area contributed by atoms with E-state index in [9.17, 15) is 4.79 Å². The fraction of sp³-hybridized carbons (Fsp3) is 0.923. The molecule has 0 unspecified atom stereocenters. The van der Waals surface area contributed by atoms with Crippen molar-refractivity contribution in [2.45, 2.75) is 53.0 Å². The van der Waals surface area contributed by atoms with Gasteiger partial charge in [0.05, 0.1) is 0 Å². The predicted molar refractivity (Wildman–Crippen MR) is 78.0 cm³/mol. The van der Waals surface area contributed by atoms with Gasteiger partial charge in [0.15, 0.2) is 0 Å². The smallest absolute Gasteiger partial charge is 0.374 e. The molecule has 1 N–H and O–H groups in total. The lowest BCUT2D eigenvalue weighted by Crippen LogP contribution is -2.45. The van der Waals surface area contributed by atoms with Gasteiger partial charge in [-0.2, -0.15) is 0 Å². The first-order valence-corrected chi connectivity index (χ1v) is 9.19. The SMILES string of the molecule is CCO[Si](CCCCCNC(C)=O)(OCC)OCC. The minimum Gasteiger partial charge on any atom is -0.374 e. The van der Waals surface area contributed by atoms with Crippen molar-refractivity contribution in [3.8, 4) is 0 Å². The zero-order valence-corrected chi connectivity index (χ0v) is 13.8. The number of carbonyl (C=O) groups excluding carboxylic acids is 1. The third-order valence-corrected chi connectivity index (χ3v) is 5.78. The Morgan fingerprint density at radius 3 is 1.89 bits per heavy atom. The van der Waals surface area contributed by atoms with Gasteiger partial charge in [0, 0.05) is 39.3 Å². The van der Waals surface area contributed by atoms with E-state index in [0.717, 1.165) is 31.9 Å². The highest BCUT2D eigenvalue weighted by atomic mass is 28.4. The molecule has 0 heterocycles. The number of nitrogens with one attached hydrogen (secondary N) is 1. The topological polar surface area (TPSA) is 56.8 Å². The standard InChI is InChI=1S/C13H29NO4Si/c1-5-16-19(17-6-2,18-7-3)12-10-8-9-11-14-13(4)15/h5-12H2,1-4H3,(H,14,15). The summed E-state index contributed by atoms with van der Waals surface area (Å²) in [6, 6.07) is 0.850. The molecule has 0 atom stereocenters. The van der Waals surface area contributed by atoms with E-state index in [4.69, 9.17) is 13.3 Å². The van der Waals surface area contributed by atoms with Crippen LogP contribution in [0.3, 0.4) is 0 Å². The van der Waals surface area contributed by atoms with Gasteiger partial charge in [0.1, 0.15) is 0 Å². The largest absolute Gasteiger partial charge is 0.500 e. The van der Waals surface area contributed by atoms with Crippen LogP contribution in [0, 0.1) is 0 Å². The Balaban J connectivity index is 3.99. The van der Waals surface area contributed by atoms with Gasteiger partial charge in [-0.05, 0) is 33.6 Å². The molecule has 0 aromatic rings. The summed E-state index contributed by atoms with van der Waals surface area (Å²) in [6.45, 7) is 10.1. The summed E-state index contributed by atoms with van der Waals surface area (Å²) in [7, 11) is -2.46. The van der Waals surface area contributed by atoms with Crippen LogP contribution in [0.25, 0.3) is 0 Å². The van der Waals surface area contributed by atoms with Crippen molar-refractivity contribution in [3.05, 3.63) is 0 Å². The Morgan fingerprint density at radius 1 is 0.947 bits per heavy atom. The van der Waals surface area contributed by atoms with Crippen molar-refractivity contribution in [1.29, 1.82) is 0 Å². The van der Waals surface area contributed by atoms with E-state index in [1.807, 2.05) is 20.8 Å². The van der Waals surface area contributed by atoms with Crippen molar-refractivity contribution in [2.24, 2.45) is 0 Å². The first kappa shape index (κ1) is 18.6. The van der Waals surface area contributed by atoms with Crippen molar-refractivity contribution in [3.63, 3.8) is 0 Å². The summed E-state index contributed by atoms with van der Waals surface area (Å²) >= 11 is 0. The Bertz CT molecular complexity index is 222. The molecular formula is C13H29NO4Si. The predicted octanol–water partition coefficient (Wildman–Crippen LogP) is 2.34. The van der Waals surface area contributed by atoms with Crippen LogP contribution in [0.4, 0.5) is 0 Å². The Labute approximate surface area is 118 Å². The van der Waals surface area contributed by atoms with Gasteiger partial charge in [-0.1, -0.05) is 6.42 Å². The van der Waals surface area contributed by atoms with Crippen LogP contribution < -0.4 is 5.32 Å². The van der Waals surface area contributed by atoms with Crippen molar-refractivity contribution < 1.29 is 18.1 Å². The van der Waals surface area contributed by atoms with Gasteiger partial charge in [-0.15, -0.1) is 0 Å². The fourth-order valence-corrected chi connectivity index (χ4v) is 4.59. The maximum absolute atomic E-state index is 10.7. The molecule has 114 valence electrons. The maximum Gasteiger partial charge on any atom is 0.500 e. The molecule has 0 aliphatic carbocycles. The molecule has 0 fully saturated rings.